The molecule has 0 radical (unpaired) electrons. The van der Waals surface area contributed by atoms with Crippen molar-refractivity contribution in [3.63, 3.8) is 0 Å². The Labute approximate surface area is 123 Å². The van der Waals surface area contributed by atoms with Gasteiger partial charge in [-0.25, -0.2) is 4.98 Å². The lowest BCUT2D eigenvalue weighted by atomic mass is 9.95. The maximum Gasteiger partial charge on any atom is 0.240 e. The van der Waals surface area contributed by atoms with Crippen molar-refractivity contribution in [2.24, 2.45) is 0 Å². The van der Waals surface area contributed by atoms with Gasteiger partial charge < -0.3 is 5.32 Å². The molecule has 106 valence electrons. The number of nitrogens with one attached hydrogen (secondary N) is 1. The molecule has 0 saturated carbocycles. The third kappa shape index (κ3) is 2.78. The number of hydrogen-bond acceptors (Lipinski definition) is 4. The highest BCUT2D eigenvalue weighted by molar-refractivity contribution is 7.09. The van der Waals surface area contributed by atoms with E-state index >= 15 is 0 Å². The third-order valence-corrected chi connectivity index (χ3v) is 4.93. The van der Waals surface area contributed by atoms with Crippen LogP contribution in [0.5, 0.6) is 0 Å². The number of thiazole rings is 1. The van der Waals surface area contributed by atoms with Gasteiger partial charge in [-0.05, 0) is 20.3 Å². The van der Waals surface area contributed by atoms with Crippen molar-refractivity contribution in [2.45, 2.75) is 44.7 Å². The number of nitrogens with zero attached hydrogens (tertiary/aromatic N) is 2. The van der Waals surface area contributed by atoms with E-state index in [1.54, 1.807) is 11.3 Å². The number of aromatic nitrogens is 1. The van der Waals surface area contributed by atoms with Gasteiger partial charge in [0.05, 0.1) is 23.2 Å². The van der Waals surface area contributed by atoms with Crippen molar-refractivity contribution in [1.29, 1.82) is 0 Å². The summed E-state index contributed by atoms with van der Waals surface area (Å²) in [5, 5.41) is 5.99. The molecule has 19 heavy (non-hydrogen) atoms. The van der Waals surface area contributed by atoms with Crippen molar-refractivity contribution >= 4 is 28.8 Å². The second-order valence-electron chi connectivity index (χ2n) is 5.24. The summed E-state index contributed by atoms with van der Waals surface area (Å²) in [6.07, 6.45) is 0.936. The Balaban J connectivity index is 2.28. The fourth-order valence-corrected chi connectivity index (χ4v) is 3.77. The normalized spacial score (nSPS) is 21.2. The number of halogens is 1. The molecule has 0 aromatic carbocycles. The zero-order chi connectivity index (χ0) is 14.0. The minimum Gasteiger partial charge on any atom is -0.353 e. The average Bonchev–Trinajstić information content (AvgIpc) is 2.84. The van der Waals surface area contributed by atoms with Gasteiger partial charge in [0.25, 0.3) is 0 Å². The predicted octanol–water partition coefficient (Wildman–Crippen LogP) is 2.54. The molecule has 1 fully saturated rings. The van der Waals surface area contributed by atoms with Crippen LogP contribution in [-0.2, 0) is 10.7 Å². The van der Waals surface area contributed by atoms with Crippen LogP contribution in [0.15, 0.2) is 5.38 Å². The standard InChI is InChI=1S/C13H20ClN3OS/c1-4-10(11-16-9(7-14)8-19-11)17-6-5-15-12(18)13(17,2)3/h8,10H,4-7H2,1-3H3,(H,15,18). The van der Waals surface area contributed by atoms with Gasteiger partial charge in [0.2, 0.25) is 5.91 Å². The molecule has 1 saturated heterocycles. The highest BCUT2D eigenvalue weighted by Crippen LogP contribution is 2.34. The van der Waals surface area contributed by atoms with Crippen LogP contribution in [0.25, 0.3) is 0 Å². The van der Waals surface area contributed by atoms with E-state index in [4.69, 9.17) is 11.6 Å². The first-order chi connectivity index (χ1) is 9.00. The highest BCUT2D eigenvalue weighted by Gasteiger charge is 2.41. The topological polar surface area (TPSA) is 45.2 Å². The summed E-state index contributed by atoms with van der Waals surface area (Å²) in [4.78, 5) is 18.9. The molecule has 2 heterocycles. The van der Waals surface area contributed by atoms with Gasteiger partial charge in [-0.1, -0.05) is 6.92 Å². The summed E-state index contributed by atoms with van der Waals surface area (Å²) in [5.41, 5.74) is 0.422. The van der Waals surface area contributed by atoms with E-state index in [9.17, 15) is 4.79 Å². The Morgan fingerprint density at radius 2 is 2.37 bits per heavy atom. The fraction of sp³-hybridized carbons (Fsp3) is 0.692. The van der Waals surface area contributed by atoms with Gasteiger partial charge in [-0.2, -0.15) is 0 Å². The van der Waals surface area contributed by atoms with Gasteiger partial charge in [-0.15, -0.1) is 22.9 Å². The lowest BCUT2D eigenvalue weighted by molar-refractivity contribution is -0.137. The highest BCUT2D eigenvalue weighted by atomic mass is 35.5. The third-order valence-electron chi connectivity index (χ3n) is 3.67. The summed E-state index contributed by atoms with van der Waals surface area (Å²) < 4.78 is 0. The second-order valence-corrected chi connectivity index (χ2v) is 6.40. The first-order valence-electron chi connectivity index (χ1n) is 6.56. The molecular formula is C13H20ClN3OS. The lowest BCUT2D eigenvalue weighted by Gasteiger charge is -2.44. The first kappa shape index (κ1) is 14.8. The van der Waals surface area contributed by atoms with Crippen LogP contribution in [0.1, 0.15) is 43.9 Å². The van der Waals surface area contributed by atoms with E-state index in [0.29, 0.717) is 12.4 Å². The quantitative estimate of drug-likeness (QED) is 0.869. The van der Waals surface area contributed by atoms with E-state index < -0.39 is 5.54 Å². The van der Waals surface area contributed by atoms with E-state index in [1.165, 1.54) is 0 Å². The van der Waals surface area contributed by atoms with Crippen LogP contribution < -0.4 is 5.32 Å². The summed E-state index contributed by atoms with van der Waals surface area (Å²) in [6, 6.07) is 0.183. The minimum atomic E-state index is -0.494. The largest absolute Gasteiger partial charge is 0.353 e. The van der Waals surface area contributed by atoms with Gasteiger partial charge in [0.1, 0.15) is 5.01 Å². The number of hydrogen-bond donors (Lipinski definition) is 1. The van der Waals surface area contributed by atoms with Crippen molar-refractivity contribution in [3.8, 4) is 0 Å². The summed E-state index contributed by atoms with van der Waals surface area (Å²) in [7, 11) is 0. The molecule has 4 nitrogen and oxygen atoms in total. The van der Waals surface area contributed by atoms with Crippen LogP contribution in [-0.4, -0.2) is 34.4 Å². The Hall–Kier alpha value is -0.650. The number of carbonyl (C=O) groups is 1. The number of rotatable bonds is 4. The number of carbonyl (C=O) groups excluding carboxylic acids is 1. The number of amides is 1. The predicted molar refractivity (Wildman–Crippen MR) is 78.5 cm³/mol. The molecule has 2 rings (SSSR count). The van der Waals surface area contributed by atoms with Gasteiger partial charge in [0.15, 0.2) is 0 Å². The van der Waals surface area contributed by atoms with Crippen molar-refractivity contribution in [3.05, 3.63) is 16.1 Å². The van der Waals surface area contributed by atoms with Gasteiger partial charge >= 0.3 is 0 Å². The van der Waals surface area contributed by atoms with Gasteiger partial charge in [-0.3, -0.25) is 9.69 Å². The molecule has 1 aliphatic rings. The minimum absolute atomic E-state index is 0.0892. The van der Waals surface area contributed by atoms with Crippen LogP contribution >= 0.6 is 22.9 Å². The molecule has 1 N–H and O–H groups in total. The monoisotopic (exact) mass is 301 g/mol. The SMILES string of the molecule is CCC(c1nc(CCl)cs1)N1CCNC(=O)C1(C)C. The molecule has 1 unspecified atom stereocenters. The molecule has 6 heteroatoms. The maximum absolute atomic E-state index is 12.0. The first-order valence-corrected chi connectivity index (χ1v) is 7.97. The molecule has 0 aliphatic carbocycles. The summed E-state index contributed by atoms with van der Waals surface area (Å²) >= 11 is 7.45. The average molecular weight is 302 g/mol. The van der Waals surface area contributed by atoms with Crippen LogP contribution in [0.4, 0.5) is 0 Å². The fourth-order valence-electron chi connectivity index (χ4n) is 2.53. The molecule has 0 bridgehead atoms. The molecule has 1 amide bonds. The van der Waals surface area contributed by atoms with Crippen LogP contribution in [0.2, 0.25) is 0 Å². The molecule has 1 aromatic rings. The van der Waals surface area contributed by atoms with Crippen molar-refractivity contribution in [1.82, 2.24) is 15.2 Å². The molecule has 1 aromatic heterocycles. The van der Waals surface area contributed by atoms with Crippen LogP contribution in [0, 0.1) is 0 Å². The smallest absolute Gasteiger partial charge is 0.240 e. The van der Waals surface area contributed by atoms with Gasteiger partial charge in [0, 0.05) is 18.5 Å². The zero-order valence-electron chi connectivity index (χ0n) is 11.6. The molecule has 0 spiro atoms. The number of piperazine rings is 1. The second kappa shape index (κ2) is 5.77. The van der Waals surface area contributed by atoms with E-state index in [0.717, 1.165) is 23.7 Å². The van der Waals surface area contributed by atoms with Crippen molar-refractivity contribution in [2.75, 3.05) is 13.1 Å². The number of alkyl halides is 1. The molecule has 1 atom stereocenters. The Morgan fingerprint density at radius 3 is 2.95 bits per heavy atom. The Bertz CT molecular complexity index is 460. The van der Waals surface area contributed by atoms with Crippen LogP contribution in [0.3, 0.4) is 0 Å². The van der Waals surface area contributed by atoms with Crippen molar-refractivity contribution < 1.29 is 4.79 Å². The Morgan fingerprint density at radius 1 is 1.63 bits per heavy atom. The zero-order valence-corrected chi connectivity index (χ0v) is 13.1. The van der Waals surface area contributed by atoms with E-state index in [-0.39, 0.29) is 11.9 Å². The maximum atomic E-state index is 12.0. The van der Waals surface area contributed by atoms with E-state index in [2.05, 4.69) is 22.1 Å². The summed E-state index contributed by atoms with van der Waals surface area (Å²) in [5.74, 6) is 0.530. The molecular weight excluding hydrogens is 282 g/mol. The summed E-state index contributed by atoms with van der Waals surface area (Å²) in [6.45, 7) is 7.63. The van der Waals surface area contributed by atoms with E-state index in [1.807, 2.05) is 19.2 Å². The Kier molecular flexibility index (Phi) is 4.48. The molecule has 1 aliphatic heterocycles. The lowest BCUT2D eigenvalue weighted by Crippen LogP contribution is -2.62.